The first-order valence-electron chi connectivity index (χ1n) is 6.22. The summed E-state index contributed by atoms with van der Waals surface area (Å²) in [7, 11) is 0. The average molecular weight is 295 g/mol. The number of carbonyl (C=O) groups is 2. The monoisotopic (exact) mass is 294 g/mol. The van der Waals surface area contributed by atoms with E-state index in [4.69, 9.17) is 20.8 Å². The number of Topliss-reactive ketones (excluding diaryl/α,β-unsaturated/α-hetero) is 1. The quantitative estimate of drug-likeness (QED) is 0.807. The number of halogens is 1. The molecule has 0 amide bonds. The first kappa shape index (κ1) is 14.6. The van der Waals surface area contributed by atoms with E-state index < -0.39 is 12.1 Å². The minimum absolute atomic E-state index is 0.211. The van der Waals surface area contributed by atoms with Crippen molar-refractivity contribution in [1.29, 1.82) is 0 Å². The molecule has 2 rings (SSSR count). The standard InChI is InChI=1S/C15H15ClO4/c1-7-9(3)19-13-6-11(16)5-12(14(7)13)15(18)20-10(4)8(2)17/h5-6,10H,1-4H3. The van der Waals surface area contributed by atoms with E-state index in [9.17, 15) is 9.59 Å². The van der Waals surface area contributed by atoms with Crippen LogP contribution in [-0.4, -0.2) is 17.9 Å². The molecular formula is C15H15ClO4. The van der Waals surface area contributed by atoms with Gasteiger partial charge >= 0.3 is 5.97 Å². The van der Waals surface area contributed by atoms with E-state index in [1.165, 1.54) is 19.9 Å². The van der Waals surface area contributed by atoms with Crippen LogP contribution >= 0.6 is 11.6 Å². The largest absolute Gasteiger partial charge is 0.461 e. The van der Waals surface area contributed by atoms with Crippen molar-refractivity contribution in [1.82, 2.24) is 0 Å². The molecule has 5 heteroatoms. The van der Waals surface area contributed by atoms with Crippen LogP contribution in [0.4, 0.5) is 0 Å². The molecule has 2 aromatic rings. The molecule has 0 bridgehead atoms. The van der Waals surface area contributed by atoms with E-state index in [0.717, 1.165) is 11.3 Å². The highest BCUT2D eigenvalue weighted by Gasteiger charge is 2.21. The van der Waals surface area contributed by atoms with Crippen molar-refractivity contribution in [3.8, 4) is 0 Å². The zero-order chi connectivity index (χ0) is 15.0. The van der Waals surface area contributed by atoms with Gasteiger partial charge in [-0.15, -0.1) is 0 Å². The maximum Gasteiger partial charge on any atom is 0.339 e. The van der Waals surface area contributed by atoms with E-state index >= 15 is 0 Å². The number of ether oxygens (including phenoxy) is 1. The summed E-state index contributed by atoms with van der Waals surface area (Å²) in [5.74, 6) is -0.0725. The zero-order valence-electron chi connectivity index (χ0n) is 11.7. The van der Waals surface area contributed by atoms with Crippen LogP contribution in [0.15, 0.2) is 16.5 Å². The van der Waals surface area contributed by atoms with Crippen molar-refractivity contribution < 1.29 is 18.7 Å². The minimum Gasteiger partial charge on any atom is -0.461 e. The van der Waals surface area contributed by atoms with Gasteiger partial charge in [0.2, 0.25) is 0 Å². The summed E-state index contributed by atoms with van der Waals surface area (Å²) in [6.45, 7) is 6.59. The van der Waals surface area contributed by atoms with Crippen LogP contribution in [0.1, 0.15) is 35.5 Å². The number of benzene rings is 1. The Hall–Kier alpha value is -1.81. The summed E-state index contributed by atoms with van der Waals surface area (Å²) in [5, 5.41) is 1.06. The molecule has 1 aromatic heterocycles. The Labute approximate surface area is 121 Å². The van der Waals surface area contributed by atoms with E-state index in [1.807, 2.05) is 13.8 Å². The second-order valence-electron chi connectivity index (χ2n) is 4.77. The molecule has 0 fully saturated rings. The number of ketones is 1. The lowest BCUT2D eigenvalue weighted by Crippen LogP contribution is -2.22. The summed E-state index contributed by atoms with van der Waals surface area (Å²) >= 11 is 5.99. The lowest BCUT2D eigenvalue weighted by Gasteiger charge is -2.11. The number of fused-ring (bicyclic) bond motifs is 1. The van der Waals surface area contributed by atoms with Crippen LogP contribution in [0, 0.1) is 13.8 Å². The van der Waals surface area contributed by atoms with Gasteiger partial charge in [0.1, 0.15) is 11.3 Å². The molecule has 0 radical (unpaired) electrons. The highest BCUT2D eigenvalue weighted by Crippen LogP contribution is 2.31. The Bertz CT molecular complexity index is 699. The molecule has 0 aliphatic rings. The number of aryl methyl sites for hydroxylation is 2. The second kappa shape index (κ2) is 5.29. The average Bonchev–Trinajstić information content (AvgIpc) is 2.63. The van der Waals surface area contributed by atoms with Crippen molar-refractivity contribution in [2.75, 3.05) is 0 Å². The third-order valence-electron chi connectivity index (χ3n) is 3.31. The first-order valence-corrected chi connectivity index (χ1v) is 6.59. The Morgan fingerprint density at radius 2 is 1.95 bits per heavy atom. The molecule has 0 N–H and O–H groups in total. The van der Waals surface area contributed by atoms with E-state index in [1.54, 1.807) is 6.07 Å². The molecule has 1 unspecified atom stereocenters. The number of esters is 1. The van der Waals surface area contributed by atoms with Gasteiger partial charge in [-0.05, 0) is 39.3 Å². The fraction of sp³-hybridized carbons (Fsp3) is 0.333. The maximum absolute atomic E-state index is 12.2. The first-order chi connectivity index (χ1) is 9.31. The summed E-state index contributed by atoms with van der Waals surface area (Å²) in [4.78, 5) is 23.4. The Balaban J connectivity index is 2.53. The molecule has 0 aliphatic heterocycles. The summed E-state index contributed by atoms with van der Waals surface area (Å²) < 4.78 is 10.7. The minimum atomic E-state index is -0.787. The van der Waals surface area contributed by atoms with Crippen molar-refractivity contribution in [3.63, 3.8) is 0 Å². The lowest BCUT2D eigenvalue weighted by molar-refractivity contribution is -0.124. The van der Waals surface area contributed by atoms with Gasteiger partial charge in [-0.3, -0.25) is 4.79 Å². The van der Waals surface area contributed by atoms with Gasteiger partial charge in [-0.2, -0.15) is 0 Å². The molecule has 0 spiro atoms. The molecular weight excluding hydrogens is 280 g/mol. The fourth-order valence-corrected chi connectivity index (χ4v) is 2.14. The van der Waals surface area contributed by atoms with Crippen molar-refractivity contribution >= 4 is 34.3 Å². The Morgan fingerprint density at radius 1 is 1.30 bits per heavy atom. The third-order valence-corrected chi connectivity index (χ3v) is 3.53. The van der Waals surface area contributed by atoms with Crippen LogP contribution in [0.25, 0.3) is 11.0 Å². The number of rotatable bonds is 3. The van der Waals surface area contributed by atoms with Gasteiger partial charge in [0.25, 0.3) is 0 Å². The van der Waals surface area contributed by atoms with Crippen LogP contribution in [0.2, 0.25) is 5.02 Å². The van der Waals surface area contributed by atoms with Crippen LogP contribution in [0.3, 0.4) is 0 Å². The summed E-state index contributed by atoms with van der Waals surface area (Å²) in [6.07, 6.45) is -0.787. The van der Waals surface area contributed by atoms with E-state index in [-0.39, 0.29) is 5.78 Å². The van der Waals surface area contributed by atoms with Gasteiger partial charge in [-0.1, -0.05) is 11.6 Å². The highest BCUT2D eigenvalue weighted by molar-refractivity contribution is 6.32. The van der Waals surface area contributed by atoms with Gasteiger partial charge < -0.3 is 9.15 Å². The normalized spacial score (nSPS) is 12.4. The molecule has 4 nitrogen and oxygen atoms in total. The summed E-state index contributed by atoms with van der Waals surface area (Å²) in [5.41, 5.74) is 1.71. The fourth-order valence-electron chi connectivity index (χ4n) is 1.93. The van der Waals surface area contributed by atoms with Crippen molar-refractivity contribution in [2.45, 2.75) is 33.8 Å². The molecule has 1 heterocycles. The Kier molecular flexibility index (Phi) is 3.86. The number of furan rings is 1. The van der Waals surface area contributed by atoms with Gasteiger partial charge in [0.15, 0.2) is 11.9 Å². The molecule has 106 valence electrons. The molecule has 0 saturated carbocycles. The van der Waals surface area contributed by atoms with Crippen LogP contribution in [0.5, 0.6) is 0 Å². The van der Waals surface area contributed by atoms with Gasteiger partial charge in [-0.25, -0.2) is 4.79 Å². The lowest BCUT2D eigenvalue weighted by atomic mass is 10.1. The Morgan fingerprint density at radius 3 is 2.55 bits per heavy atom. The van der Waals surface area contributed by atoms with Crippen molar-refractivity contribution in [3.05, 3.63) is 34.0 Å². The van der Waals surface area contributed by atoms with Crippen LogP contribution in [-0.2, 0) is 9.53 Å². The number of hydrogen-bond acceptors (Lipinski definition) is 4. The third kappa shape index (κ3) is 2.56. The smallest absolute Gasteiger partial charge is 0.339 e. The molecule has 1 aromatic carbocycles. The number of hydrogen-bond donors (Lipinski definition) is 0. The predicted molar refractivity (Wildman–Crippen MR) is 76.3 cm³/mol. The predicted octanol–water partition coefficient (Wildman–Crippen LogP) is 3.84. The van der Waals surface area contributed by atoms with Crippen LogP contribution < -0.4 is 0 Å². The zero-order valence-corrected chi connectivity index (χ0v) is 12.5. The second-order valence-corrected chi connectivity index (χ2v) is 5.20. The topological polar surface area (TPSA) is 56.5 Å². The maximum atomic E-state index is 12.2. The van der Waals surface area contributed by atoms with E-state index in [2.05, 4.69) is 0 Å². The highest BCUT2D eigenvalue weighted by atomic mass is 35.5. The van der Waals surface area contributed by atoms with E-state index in [0.29, 0.717) is 21.6 Å². The SMILES string of the molecule is CC(=O)C(C)OC(=O)c1cc(Cl)cc2oc(C)c(C)c12. The molecule has 0 saturated heterocycles. The molecule has 0 aliphatic carbocycles. The van der Waals surface area contributed by atoms with Crippen molar-refractivity contribution in [2.24, 2.45) is 0 Å². The molecule has 1 atom stereocenters. The summed E-state index contributed by atoms with van der Waals surface area (Å²) in [6, 6.07) is 3.18. The number of carbonyl (C=O) groups excluding carboxylic acids is 2. The van der Waals surface area contributed by atoms with Gasteiger partial charge in [0, 0.05) is 16.5 Å². The molecule has 20 heavy (non-hydrogen) atoms. The van der Waals surface area contributed by atoms with Gasteiger partial charge in [0.05, 0.1) is 5.56 Å².